The number of nitrogens with zero attached hydrogens (tertiary/aromatic N) is 3. The van der Waals surface area contributed by atoms with Crippen molar-refractivity contribution in [2.75, 3.05) is 13.2 Å². The van der Waals surface area contributed by atoms with Crippen LogP contribution >= 0.6 is 0 Å². The summed E-state index contributed by atoms with van der Waals surface area (Å²) in [6.45, 7) is 0.891. The summed E-state index contributed by atoms with van der Waals surface area (Å²) in [4.78, 5) is 14.5. The van der Waals surface area contributed by atoms with Crippen LogP contribution < -0.4 is 0 Å². The molecule has 0 unspecified atom stereocenters. The van der Waals surface area contributed by atoms with Crippen LogP contribution in [-0.2, 0) is 9.47 Å². The molecule has 20 heavy (non-hydrogen) atoms. The van der Waals surface area contributed by atoms with Gasteiger partial charge in [-0.15, -0.1) is 0 Å². The number of carbonyl (C=O) groups is 1. The van der Waals surface area contributed by atoms with E-state index in [1.807, 2.05) is 6.07 Å². The van der Waals surface area contributed by atoms with Gasteiger partial charge < -0.3 is 9.47 Å². The minimum Gasteiger partial charge on any atom is -0.462 e. The minimum absolute atomic E-state index is 0.0106. The third-order valence-electron chi connectivity index (χ3n) is 3.24. The van der Waals surface area contributed by atoms with E-state index in [0.29, 0.717) is 31.6 Å². The van der Waals surface area contributed by atoms with Crippen molar-refractivity contribution in [1.29, 1.82) is 0 Å². The largest absolute Gasteiger partial charge is 0.462 e. The first-order valence-electron chi connectivity index (χ1n) is 6.67. The first-order chi connectivity index (χ1) is 9.79. The first kappa shape index (κ1) is 14.4. The third-order valence-corrected chi connectivity index (χ3v) is 3.24. The zero-order valence-corrected chi connectivity index (χ0v) is 11.1. The van der Waals surface area contributed by atoms with Gasteiger partial charge in [0.05, 0.1) is 18.3 Å². The highest BCUT2D eigenvalue weighted by Gasteiger charge is 2.21. The molecular formula is C14H17N3O3. The SMILES string of the molecule is [N-]=[N+]=N[C@H]1CCO[C@@H](CCOC(=O)c2ccccc2)C1. The van der Waals surface area contributed by atoms with Crippen molar-refractivity contribution >= 4 is 5.97 Å². The monoisotopic (exact) mass is 275 g/mol. The first-order valence-corrected chi connectivity index (χ1v) is 6.67. The zero-order chi connectivity index (χ0) is 14.2. The van der Waals surface area contributed by atoms with Gasteiger partial charge in [-0.25, -0.2) is 4.79 Å². The van der Waals surface area contributed by atoms with E-state index in [9.17, 15) is 4.79 Å². The van der Waals surface area contributed by atoms with Crippen LogP contribution in [0.15, 0.2) is 35.4 Å². The van der Waals surface area contributed by atoms with Crippen LogP contribution in [-0.4, -0.2) is 31.3 Å². The van der Waals surface area contributed by atoms with Crippen molar-refractivity contribution < 1.29 is 14.3 Å². The molecule has 0 N–H and O–H groups in total. The molecule has 1 heterocycles. The molecular weight excluding hydrogens is 258 g/mol. The van der Waals surface area contributed by atoms with E-state index in [-0.39, 0.29) is 18.1 Å². The number of benzene rings is 1. The maximum atomic E-state index is 11.7. The van der Waals surface area contributed by atoms with Crippen molar-refractivity contribution in [3.63, 3.8) is 0 Å². The second kappa shape index (κ2) is 7.53. The zero-order valence-electron chi connectivity index (χ0n) is 11.1. The van der Waals surface area contributed by atoms with Crippen LogP contribution in [0.25, 0.3) is 10.4 Å². The molecule has 0 amide bonds. The van der Waals surface area contributed by atoms with E-state index in [2.05, 4.69) is 10.0 Å². The van der Waals surface area contributed by atoms with Crippen LogP contribution in [0.1, 0.15) is 29.6 Å². The van der Waals surface area contributed by atoms with Gasteiger partial charge in [0.2, 0.25) is 0 Å². The summed E-state index contributed by atoms with van der Waals surface area (Å²) in [6.07, 6.45) is 2.05. The predicted molar refractivity (Wildman–Crippen MR) is 73.2 cm³/mol. The summed E-state index contributed by atoms with van der Waals surface area (Å²) in [5.74, 6) is -0.326. The lowest BCUT2D eigenvalue weighted by atomic mass is 10.0. The van der Waals surface area contributed by atoms with Crippen LogP contribution in [0, 0.1) is 0 Å². The van der Waals surface area contributed by atoms with Gasteiger partial charge in [-0.3, -0.25) is 0 Å². The smallest absolute Gasteiger partial charge is 0.338 e. The number of ether oxygens (including phenoxy) is 2. The standard InChI is InChI=1S/C14H17N3O3/c15-17-16-12-6-8-19-13(10-12)7-9-20-14(18)11-4-2-1-3-5-11/h1-5,12-13H,6-10H2/t12-,13-/m0/s1. The summed E-state index contributed by atoms with van der Waals surface area (Å²) < 4.78 is 10.8. The molecule has 1 aromatic carbocycles. The predicted octanol–water partition coefficient (Wildman–Crippen LogP) is 3.09. The normalized spacial score (nSPS) is 21.8. The van der Waals surface area contributed by atoms with Crippen LogP contribution in [0.3, 0.4) is 0 Å². The molecule has 1 aliphatic heterocycles. The fraction of sp³-hybridized carbons (Fsp3) is 0.500. The lowest BCUT2D eigenvalue weighted by molar-refractivity contribution is -0.0105. The molecule has 1 saturated heterocycles. The van der Waals surface area contributed by atoms with Crippen molar-refractivity contribution in [2.45, 2.75) is 31.4 Å². The highest BCUT2D eigenvalue weighted by Crippen LogP contribution is 2.19. The lowest BCUT2D eigenvalue weighted by Crippen LogP contribution is -2.29. The van der Waals surface area contributed by atoms with Crippen LogP contribution in [0.4, 0.5) is 0 Å². The van der Waals surface area contributed by atoms with Gasteiger partial charge in [-0.05, 0) is 30.5 Å². The molecule has 0 bridgehead atoms. The highest BCUT2D eigenvalue weighted by atomic mass is 16.5. The highest BCUT2D eigenvalue weighted by molar-refractivity contribution is 5.89. The molecule has 1 aromatic rings. The molecule has 1 aliphatic rings. The van der Waals surface area contributed by atoms with E-state index < -0.39 is 0 Å². The van der Waals surface area contributed by atoms with Crippen molar-refractivity contribution in [3.8, 4) is 0 Å². The van der Waals surface area contributed by atoms with E-state index in [1.54, 1.807) is 24.3 Å². The summed E-state index contributed by atoms with van der Waals surface area (Å²) in [7, 11) is 0. The molecule has 1 fully saturated rings. The number of hydrogen-bond acceptors (Lipinski definition) is 4. The summed E-state index contributed by atoms with van der Waals surface area (Å²) in [5.41, 5.74) is 8.97. The number of carbonyl (C=O) groups excluding carboxylic acids is 1. The summed E-state index contributed by atoms with van der Waals surface area (Å²) >= 11 is 0. The lowest BCUT2D eigenvalue weighted by Gasteiger charge is -2.26. The Balaban J connectivity index is 1.73. The fourth-order valence-corrected chi connectivity index (χ4v) is 2.18. The molecule has 6 heteroatoms. The fourth-order valence-electron chi connectivity index (χ4n) is 2.18. The molecule has 0 saturated carbocycles. The molecule has 0 aromatic heterocycles. The average molecular weight is 275 g/mol. The third kappa shape index (κ3) is 4.26. The Kier molecular flexibility index (Phi) is 5.41. The van der Waals surface area contributed by atoms with Crippen molar-refractivity contribution in [3.05, 3.63) is 46.3 Å². The van der Waals surface area contributed by atoms with Gasteiger partial charge in [0.15, 0.2) is 0 Å². The minimum atomic E-state index is -0.326. The Labute approximate surface area is 117 Å². The molecule has 6 nitrogen and oxygen atoms in total. The van der Waals surface area contributed by atoms with E-state index in [4.69, 9.17) is 15.0 Å². The Morgan fingerprint density at radius 1 is 1.45 bits per heavy atom. The van der Waals surface area contributed by atoms with Crippen LogP contribution in [0.5, 0.6) is 0 Å². The molecule has 0 aliphatic carbocycles. The van der Waals surface area contributed by atoms with Crippen LogP contribution in [0.2, 0.25) is 0 Å². The Morgan fingerprint density at radius 2 is 2.25 bits per heavy atom. The summed E-state index contributed by atoms with van der Waals surface area (Å²) in [5, 5.41) is 3.72. The van der Waals surface area contributed by atoms with Gasteiger partial charge >= 0.3 is 5.97 Å². The second-order valence-corrected chi connectivity index (χ2v) is 4.67. The average Bonchev–Trinajstić information content (AvgIpc) is 2.49. The quantitative estimate of drug-likeness (QED) is 0.358. The van der Waals surface area contributed by atoms with Gasteiger partial charge in [-0.1, -0.05) is 23.3 Å². The van der Waals surface area contributed by atoms with Gasteiger partial charge in [0.1, 0.15) is 0 Å². The number of rotatable bonds is 5. The topological polar surface area (TPSA) is 84.3 Å². The summed E-state index contributed by atoms with van der Waals surface area (Å²) in [6, 6.07) is 8.87. The molecule has 106 valence electrons. The Hall–Kier alpha value is -2.04. The number of esters is 1. The van der Waals surface area contributed by atoms with E-state index in [0.717, 1.165) is 6.42 Å². The molecule has 0 radical (unpaired) electrons. The number of hydrogen-bond donors (Lipinski definition) is 0. The Morgan fingerprint density at radius 3 is 3.00 bits per heavy atom. The molecule has 2 atom stereocenters. The molecule has 2 rings (SSSR count). The number of azide groups is 1. The second-order valence-electron chi connectivity index (χ2n) is 4.67. The van der Waals surface area contributed by atoms with Crippen molar-refractivity contribution in [2.24, 2.45) is 5.11 Å². The Bertz CT molecular complexity index is 486. The van der Waals surface area contributed by atoms with Gasteiger partial charge in [-0.2, -0.15) is 0 Å². The molecule has 0 spiro atoms. The maximum Gasteiger partial charge on any atom is 0.338 e. The van der Waals surface area contributed by atoms with E-state index in [1.165, 1.54) is 0 Å². The van der Waals surface area contributed by atoms with Crippen molar-refractivity contribution in [1.82, 2.24) is 0 Å². The van der Waals surface area contributed by atoms with E-state index >= 15 is 0 Å². The maximum absolute atomic E-state index is 11.7. The van der Waals surface area contributed by atoms with Gasteiger partial charge in [0.25, 0.3) is 0 Å². The van der Waals surface area contributed by atoms with Gasteiger partial charge in [0, 0.05) is 24.0 Å².